The minimum atomic E-state index is -0.536. The van der Waals surface area contributed by atoms with Gasteiger partial charge in [0.2, 0.25) is 5.88 Å². The number of hydrogen-bond acceptors (Lipinski definition) is 3. The average Bonchev–Trinajstić information content (AvgIpc) is 2.38. The van der Waals surface area contributed by atoms with Crippen LogP contribution in [0.5, 0.6) is 5.88 Å². The molecule has 2 heterocycles. The van der Waals surface area contributed by atoms with E-state index in [2.05, 4.69) is 9.97 Å². The van der Waals surface area contributed by atoms with Crippen LogP contribution in [0.3, 0.4) is 0 Å². The van der Waals surface area contributed by atoms with E-state index in [-0.39, 0.29) is 10.9 Å². The molecule has 3 nitrogen and oxygen atoms in total. The van der Waals surface area contributed by atoms with Gasteiger partial charge in [-0.2, -0.15) is 0 Å². The molecule has 0 aliphatic heterocycles. The van der Waals surface area contributed by atoms with Crippen molar-refractivity contribution in [2.75, 3.05) is 6.61 Å². The van der Waals surface area contributed by atoms with Crippen molar-refractivity contribution in [1.29, 1.82) is 0 Å². The molecule has 18 heavy (non-hydrogen) atoms. The van der Waals surface area contributed by atoms with Crippen LogP contribution in [-0.4, -0.2) is 16.6 Å². The molecule has 94 valence electrons. The zero-order valence-electron chi connectivity index (χ0n) is 9.64. The van der Waals surface area contributed by atoms with Gasteiger partial charge in [-0.05, 0) is 36.6 Å². The highest BCUT2D eigenvalue weighted by molar-refractivity contribution is 6.30. The maximum absolute atomic E-state index is 13.3. The molecule has 0 radical (unpaired) electrons. The monoisotopic (exact) mass is 266 g/mol. The summed E-state index contributed by atoms with van der Waals surface area (Å²) in [5.74, 6) is -0.541. The van der Waals surface area contributed by atoms with E-state index in [0.29, 0.717) is 6.61 Å². The summed E-state index contributed by atoms with van der Waals surface area (Å²) in [5, 5.41) is 0.261. The van der Waals surface area contributed by atoms with Gasteiger partial charge in [-0.25, -0.2) is 9.37 Å². The zero-order valence-corrected chi connectivity index (χ0v) is 10.4. The fourth-order valence-electron chi connectivity index (χ4n) is 1.50. The van der Waals surface area contributed by atoms with Crippen LogP contribution >= 0.6 is 11.6 Å². The second-order valence-corrected chi connectivity index (χ2v) is 4.18. The largest absolute Gasteiger partial charge is 0.476 e. The average molecular weight is 267 g/mol. The normalized spacial score (nSPS) is 10.3. The number of aryl methyl sites for hydroxylation is 1. The summed E-state index contributed by atoms with van der Waals surface area (Å²) in [7, 11) is 0. The molecule has 0 bridgehead atoms. The maximum atomic E-state index is 13.3. The van der Waals surface area contributed by atoms with E-state index in [4.69, 9.17) is 16.3 Å². The Morgan fingerprint density at radius 3 is 2.78 bits per heavy atom. The lowest BCUT2D eigenvalue weighted by atomic mass is 10.1. The Labute approximate surface area is 110 Å². The zero-order chi connectivity index (χ0) is 12.8. The first-order valence-corrected chi connectivity index (χ1v) is 5.96. The number of nitrogens with zero attached hydrogens (tertiary/aromatic N) is 2. The maximum Gasteiger partial charge on any atom is 0.250 e. The predicted octanol–water partition coefficient (Wildman–Crippen LogP) is 3.28. The standard InChI is InChI=1S/C13H12ClFN2O/c14-11-8-12(15)13(17-9-11)18-7-1-2-10-3-5-16-6-4-10/h3-6,8-9H,1-2,7H2. The first kappa shape index (κ1) is 12.8. The van der Waals surface area contributed by atoms with Gasteiger partial charge in [0.05, 0.1) is 11.6 Å². The van der Waals surface area contributed by atoms with Crippen molar-refractivity contribution in [3.8, 4) is 5.88 Å². The van der Waals surface area contributed by atoms with E-state index < -0.39 is 5.82 Å². The van der Waals surface area contributed by atoms with Gasteiger partial charge in [-0.3, -0.25) is 4.98 Å². The van der Waals surface area contributed by atoms with Crippen molar-refractivity contribution in [2.45, 2.75) is 12.8 Å². The Bertz CT molecular complexity index is 508. The number of hydrogen-bond donors (Lipinski definition) is 0. The smallest absolute Gasteiger partial charge is 0.250 e. The van der Waals surface area contributed by atoms with Crippen LogP contribution < -0.4 is 4.74 Å². The Morgan fingerprint density at radius 2 is 2.06 bits per heavy atom. The van der Waals surface area contributed by atoms with E-state index in [1.807, 2.05) is 12.1 Å². The molecule has 0 fully saturated rings. The summed E-state index contributed by atoms with van der Waals surface area (Å²) in [6.07, 6.45) is 6.50. The van der Waals surface area contributed by atoms with Crippen molar-refractivity contribution >= 4 is 11.6 Å². The van der Waals surface area contributed by atoms with Gasteiger partial charge in [0.25, 0.3) is 0 Å². The highest BCUT2D eigenvalue weighted by Crippen LogP contribution is 2.17. The van der Waals surface area contributed by atoms with Crippen LogP contribution in [0, 0.1) is 5.82 Å². The first-order chi connectivity index (χ1) is 8.75. The van der Waals surface area contributed by atoms with Gasteiger partial charge in [0.15, 0.2) is 5.82 Å². The SMILES string of the molecule is Fc1cc(Cl)cnc1OCCCc1ccncc1. The molecule has 0 aliphatic rings. The fraction of sp³-hybridized carbons (Fsp3) is 0.231. The fourth-order valence-corrected chi connectivity index (χ4v) is 1.65. The van der Waals surface area contributed by atoms with Crippen LogP contribution in [0.15, 0.2) is 36.8 Å². The van der Waals surface area contributed by atoms with Gasteiger partial charge in [-0.15, -0.1) is 0 Å². The Morgan fingerprint density at radius 1 is 1.28 bits per heavy atom. The Hall–Kier alpha value is -1.68. The van der Waals surface area contributed by atoms with Crippen molar-refractivity contribution in [3.05, 3.63) is 53.2 Å². The highest BCUT2D eigenvalue weighted by atomic mass is 35.5. The summed E-state index contributed by atoms with van der Waals surface area (Å²) >= 11 is 5.59. The van der Waals surface area contributed by atoms with Crippen molar-refractivity contribution in [2.24, 2.45) is 0 Å². The van der Waals surface area contributed by atoms with Crippen LogP contribution in [-0.2, 0) is 6.42 Å². The van der Waals surface area contributed by atoms with E-state index in [1.54, 1.807) is 12.4 Å². The minimum absolute atomic E-state index is 0.00544. The topological polar surface area (TPSA) is 35.0 Å². The van der Waals surface area contributed by atoms with Crippen LogP contribution in [0.25, 0.3) is 0 Å². The van der Waals surface area contributed by atoms with Gasteiger partial charge >= 0.3 is 0 Å². The van der Waals surface area contributed by atoms with E-state index in [1.165, 1.54) is 17.8 Å². The molecule has 0 saturated heterocycles. The van der Waals surface area contributed by atoms with Gasteiger partial charge < -0.3 is 4.74 Å². The minimum Gasteiger partial charge on any atom is -0.476 e. The molecule has 0 atom stereocenters. The third kappa shape index (κ3) is 3.67. The number of rotatable bonds is 5. The van der Waals surface area contributed by atoms with Crippen molar-refractivity contribution in [3.63, 3.8) is 0 Å². The molecule has 2 aromatic heterocycles. The van der Waals surface area contributed by atoms with E-state index >= 15 is 0 Å². The molecule has 0 spiro atoms. The molecular formula is C13H12ClFN2O. The first-order valence-electron chi connectivity index (χ1n) is 5.58. The van der Waals surface area contributed by atoms with Crippen LogP contribution in [0.2, 0.25) is 5.02 Å². The van der Waals surface area contributed by atoms with Crippen molar-refractivity contribution in [1.82, 2.24) is 9.97 Å². The molecule has 2 aromatic rings. The lowest BCUT2D eigenvalue weighted by molar-refractivity contribution is 0.283. The molecule has 0 aliphatic carbocycles. The third-order valence-electron chi connectivity index (χ3n) is 2.37. The molecule has 0 aromatic carbocycles. The summed E-state index contributed by atoms with van der Waals surface area (Å²) in [4.78, 5) is 7.72. The Kier molecular flexibility index (Phi) is 4.47. The number of ether oxygens (including phenoxy) is 1. The summed E-state index contributed by atoms with van der Waals surface area (Å²) in [5.41, 5.74) is 1.18. The molecule has 5 heteroatoms. The summed E-state index contributed by atoms with van der Waals surface area (Å²) in [6, 6.07) is 5.08. The van der Waals surface area contributed by atoms with Gasteiger partial charge in [0.1, 0.15) is 0 Å². The number of aromatic nitrogens is 2. The lowest BCUT2D eigenvalue weighted by Gasteiger charge is -2.06. The van der Waals surface area contributed by atoms with Crippen LogP contribution in [0.4, 0.5) is 4.39 Å². The van der Waals surface area contributed by atoms with E-state index in [0.717, 1.165) is 12.8 Å². The molecular weight excluding hydrogens is 255 g/mol. The third-order valence-corrected chi connectivity index (χ3v) is 2.58. The second-order valence-electron chi connectivity index (χ2n) is 3.75. The molecule has 0 amide bonds. The molecule has 2 rings (SSSR count). The number of halogens is 2. The quantitative estimate of drug-likeness (QED) is 0.779. The molecule has 0 unspecified atom stereocenters. The summed E-state index contributed by atoms with van der Waals surface area (Å²) in [6.45, 7) is 0.411. The molecule has 0 saturated carbocycles. The van der Waals surface area contributed by atoms with Crippen LogP contribution in [0.1, 0.15) is 12.0 Å². The highest BCUT2D eigenvalue weighted by Gasteiger charge is 2.05. The van der Waals surface area contributed by atoms with E-state index in [9.17, 15) is 4.39 Å². The lowest BCUT2D eigenvalue weighted by Crippen LogP contribution is -2.02. The molecule has 0 N–H and O–H groups in total. The van der Waals surface area contributed by atoms with Crippen molar-refractivity contribution < 1.29 is 9.13 Å². The second kappa shape index (κ2) is 6.31. The predicted molar refractivity (Wildman–Crippen MR) is 67.3 cm³/mol. The summed E-state index contributed by atoms with van der Waals surface area (Å²) < 4.78 is 18.6. The van der Waals surface area contributed by atoms with Gasteiger partial charge in [0, 0.05) is 18.6 Å². The van der Waals surface area contributed by atoms with Gasteiger partial charge in [-0.1, -0.05) is 11.6 Å². The number of pyridine rings is 2. The Balaban J connectivity index is 1.79.